The van der Waals surface area contributed by atoms with Crippen molar-refractivity contribution in [1.29, 1.82) is 0 Å². The fourth-order valence-corrected chi connectivity index (χ4v) is 1.52. The van der Waals surface area contributed by atoms with Gasteiger partial charge < -0.3 is 0 Å². The van der Waals surface area contributed by atoms with Crippen molar-refractivity contribution in [2.24, 2.45) is 0 Å². The van der Waals surface area contributed by atoms with Crippen molar-refractivity contribution in [3.63, 3.8) is 0 Å². The lowest BCUT2D eigenvalue weighted by molar-refractivity contribution is 0.157. The molecule has 0 bridgehead atoms. The minimum absolute atomic E-state index is 0.323. The summed E-state index contributed by atoms with van der Waals surface area (Å²) in [5, 5.41) is 0. The fraction of sp³-hybridized carbons (Fsp3) is 0.778. The third-order valence-corrected chi connectivity index (χ3v) is 2.32. The maximum absolute atomic E-state index is 4.04. The molecule has 1 saturated heterocycles. The number of hydrogen-bond donors (Lipinski definition) is 0. The summed E-state index contributed by atoms with van der Waals surface area (Å²) in [6.45, 7) is 13.2. The predicted octanol–water partition coefficient (Wildman–Crippen LogP) is 1.47. The molecule has 0 aromatic heterocycles. The zero-order valence-corrected chi connectivity index (χ0v) is 7.98. The average molecular weight is 151 g/mol. The van der Waals surface area contributed by atoms with Crippen LogP contribution in [-0.4, -0.2) is 30.8 Å². The monoisotopic (exact) mass is 151 g/mol. The highest BCUT2D eigenvalue weighted by atomic mass is 15.2. The minimum atomic E-state index is 0.323. The molecule has 2 heteroatoms. The Morgan fingerprint density at radius 3 is 2.45 bits per heavy atom. The molecule has 62 valence electrons. The van der Waals surface area contributed by atoms with Gasteiger partial charge >= 0.3 is 0 Å². The molecule has 0 aliphatic carbocycles. The highest BCUT2D eigenvalue weighted by Crippen LogP contribution is 2.18. The quantitative estimate of drug-likeness (QED) is 0.474. The van der Waals surface area contributed by atoms with Crippen LogP contribution in [0.4, 0.5) is 0 Å². The molecule has 0 saturated carbocycles. The van der Waals surface area contributed by atoms with Crippen LogP contribution in [0.5, 0.6) is 0 Å². The summed E-state index contributed by atoms with van der Waals surface area (Å²) >= 11 is 0. The molecule has 1 heterocycles. The van der Waals surface area contributed by atoms with Crippen molar-refractivity contribution in [2.75, 3.05) is 13.1 Å². The zero-order chi connectivity index (χ0) is 8.48. The van der Waals surface area contributed by atoms with E-state index in [1.54, 1.807) is 0 Å². The molecule has 0 aromatic rings. The van der Waals surface area contributed by atoms with Crippen LogP contribution < -0.4 is 0 Å². The molecule has 11 heavy (non-hydrogen) atoms. The largest absolute Gasteiger partial charge is 0.296 e. The summed E-state index contributed by atoms with van der Waals surface area (Å²) in [4.78, 5) is 2.50. The summed E-state index contributed by atoms with van der Waals surface area (Å²) in [5.41, 5.74) is 1.72. The Bertz CT molecular complexity index is 157. The van der Waals surface area contributed by atoms with Crippen molar-refractivity contribution in [3.05, 3.63) is 12.1 Å². The van der Waals surface area contributed by atoms with Crippen LogP contribution in [0.15, 0.2) is 12.1 Å². The van der Waals surface area contributed by atoms with Gasteiger partial charge in [0.2, 0.25) is 0 Å². The maximum Gasteiger partial charge on any atom is 0.154 e. The van der Waals surface area contributed by atoms with Gasteiger partial charge in [-0.05, 0) is 27.3 Å². The van der Waals surface area contributed by atoms with Gasteiger partial charge in [0.05, 0.1) is 0 Å². The van der Waals surface area contributed by atoms with Crippen LogP contribution in [0.1, 0.15) is 20.8 Å². The van der Waals surface area contributed by atoms with Gasteiger partial charge in [0.25, 0.3) is 0 Å². The second kappa shape index (κ2) is 3.02. The second-order valence-corrected chi connectivity index (χ2v) is 4.45. The third-order valence-electron chi connectivity index (χ3n) is 2.32. The Morgan fingerprint density at radius 1 is 1.45 bits per heavy atom. The highest BCUT2D eigenvalue weighted by molar-refractivity contribution is 6.45. The molecule has 0 amide bonds. The van der Waals surface area contributed by atoms with E-state index in [1.807, 2.05) is 0 Å². The Balaban J connectivity index is 2.53. The first-order chi connectivity index (χ1) is 5.00. The SMILES string of the molecule is C=C1BCCN(C(C)(C)C)C1. The smallest absolute Gasteiger partial charge is 0.154 e. The predicted molar refractivity (Wildman–Crippen MR) is 52.4 cm³/mol. The molecule has 1 aliphatic rings. The van der Waals surface area contributed by atoms with Crippen LogP contribution in [0.2, 0.25) is 6.32 Å². The Morgan fingerprint density at radius 2 is 2.09 bits per heavy atom. The molecule has 0 aromatic carbocycles. The van der Waals surface area contributed by atoms with Gasteiger partial charge in [0.1, 0.15) is 0 Å². The van der Waals surface area contributed by atoms with E-state index in [2.05, 4.69) is 32.3 Å². The number of rotatable bonds is 0. The van der Waals surface area contributed by atoms with E-state index in [0.717, 1.165) is 6.54 Å². The number of nitrogens with zero attached hydrogens (tertiary/aromatic N) is 1. The third kappa shape index (κ3) is 2.37. The maximum atomic E-state index is 4.04. The standard InChI is InChI=1S/C9H18BN/c1-8-7-11(6-5-10-8)9(2,3)4/h10H,1,5-7H2,2-4H3. The molecule has 1 nitrogen and oxygen atoms in total. The second-order valence-electron chi connectivity index (χ2n) is 4.45. The lowest BCUT2D eigenvalue weighted by Gasteiger charge is -2.38. The molecule has 1 rings (SSSR count). The van der Waals surface area contributed by atoms with E-state index in [1.165, 1.54) is 25.6 Å². The highest BCUT2D eigenvalue weighted by Gasteiger charge is 2.24. The lowest BCUT2D eigenvalue weighted by atomic mass is 9.64. The molecule has 0 unspecified atom stereocenters. The fourth-order valence-electron chi connectivity index (χ4n) is 1.52. The van der Waals surface area contributed by atoms with Crippen molar-refractivity contribution in [1.82, 2.24) is 4.90 Å². The molecule has 1 fully saturated rings. The topological polar surface area (TPSA) is 3.24 Å². The van der Waals surface area contributed by atoms with Gasteiger partial charge in [-0.3, -0.25) is 4.90 Å². The van der Waals surface area contributed by atoms with Gasteiger partial charge in [0, 0.05) is 12.1 Å². The van der Waals surface area contributed by atoms with Crippen LogP contribution >= 0.6 is 0 Å². The van der Waals surface area contributed by atoms with E-state index in [0.29, 0.717) is 5.54 Å². The molecule has 0 radical (unpaired) electrons. The van der Waals surface area contributed by atoms with Gasteiger partial charge in [-0.2, -0.15) is 0 Å². The van der Waals surface area contributed by atoms with E-state index in [4.69, 9.17) is 0 Å². The first-order valence-corrected chi connectivity index (χ1v) is 4.42. The van der Waals surface area contributed by atoms with E-state index >= 15 is 0 Å². The minimum Gasteiger partial charge on any atom is -0.296 e. The van der Waals surface area contributed by atoms with Crippen molar-refractivity contribution in [2.45, 2.75) is 32.6 Å². The number of hydrogen-bond acceptors (Lipinski definition) is 1. The normalized spacial score (nSPS) is 21.5. The van der Waals surface area contributed by atoms with E-state index < -0.39 is 0 Å². The Hall–Kier alpha value is -0.235. The summed E-state index contributed by atoms with van der Waals surface area (Å²) in [5.74, 6) is 0. The molecular weight excluding hydrogens is 133 g/mol. The zero-order valence-electron chi connectivity index (χ0n) is 7.98. The molecule has 0 atom stereocenters. The molecule has 1 aliphatic heterocycles. The lowest BCUT2D eigenvalue weighted by Crippen LogP contribution is -2.46. The van der Waals surface area contributed by atoms with Gasteiger partial charge in [-0.15, -0.1) is 6.58 Å². The van der Waals surface area contributed by atoms with Crippen LogP contribution in [0.25, 0.3) is 0 Å². The molecule has 0 spiro atoms. The molecule has 0 N–H and O–H groups in total. The first-order valence-electron chi connectivity index (χ1n) is 4.42. The Labute approximate surface area is 70.7 Å². The summed E-state index contributed by atoms with van der Waals surface area (Å²) in [6, 6.07) is 0. The average Bonchev–Trinajstić information content (AvgIpc) is 1.86. The summed E-state index contributed by atoms with van der Waals surface area (Å²) < 4.78 is 0. The summed E-state index contributed by atoms with van der Waals surface area (Å²) in [6.07, 6.45) is 1.29. The summed E-state index contributed by atoms with van der Waals surface area (Å²) in [7, 11) is 1.23. The van der Waals surface area contributed by atoms with Gasteiger partial charge in [-0.25, -0.2) is 0 Å². The van der Waals surface area contributed by atoms with E-state index in [-0.39, 0.29) is 0 Å². The van der Waals surface area contributed by atoms with Crippen LogP contribution in [-0.2, 0) is 0 Å². The Kier molecular flexibility index (Phi) is 2.43. The first kappa shape index (κ1) is 8.86. The van der Waals surface area contributed by atoms with Crippen molar-refractivity contribution in [3.8, 4) is 0 Å². The van der Waals surface area contributed by atoms with Crippen molar-refractivity contribution >= 4 is 7.28 Å². The van der Waals surface area contributed by atoms with Gasteiger partial charge in [0.15, 0.2) is 7.28 Å². The molecular formula is C9H18BN. The van der Waals surface area contributed by atoms with E-state index in [9.17, 15) is 0 Å². The van der Waals surface area contributed by atoms with Crippen LogP contribution in [0, 0.1) is 0 Å². The van der Waals surface area contributed by atoms with Crippen LogP contribution in [0.3, 0.4) is 0 Å². The van der Waals surface area contributed by atoms with Crippen molar-refractivity contribution < 1.29 is 0 Å². The van der Waals surface area contributed by atoms with Gasteiger partial charge in [-0.1, -0.05) is 11.8 Å².